The molecule has 0 saturated heterocycles. The molecule has 0 bridgehead atoms. The van der Waals surface area contributed by atoms with Crippen LogP contribution in [0.15, 0.2) is 30.5 Å². The van der Waals surface area contributed by atoms with Crippen LogP contribution in [-0.2, 0) is 7.05 Å². The molecule has 5 heteroatoms. The van der Waals surface area contributed by atoms with Crippen LogP contribution in [0, 0.1) is 12.8 Å². The van der Waals surface area contributed by atoms with Crippen LogP contribution < -0.4 is 10.1 Å². The Morgan fingerprint density at radius 3 is 2.55 bits per heavy atom. The first-order valence-electron chi connectivity index (χ1n) is 7.53. The minimum atomic E-state index is -0.0571. The first-order valence-corrected chi connectivity index (χ1v) is 7.53. The molecule has 1 aromatic heterocycles. The highest BCUT2D eigenvalue weighted by molar-refractivity contribution is 5.95. The molecule has 1 heterocycles. The van der Waals surface area contributed by atoms with Crippen molar-refractivity contribution < 1.29 is 9.53 Å². The van der Waals surface area contributed by atoms with Gasteiger partial charge in [-0.2, -0.15) is 5.10 Å². The van der Waals surface area contributed by atoms with Crippen LogP contribution in [-0.4, -0.2) is 22.8 Å². The van der Waals surface area contributed by atoms with Crippen molar-refractivity contribution in [1.82, 2.24) is 15.1 Å². The number of benzene rings is 1. The number of nitrogens with zero attached hydrogens (tertiary/aromatic N) is 2. The highest BCUT2D eigenvalue weighted by Gasteiger charge is 2.34. The van der Waals surface area contributed by atoms with E-state index in [-0.39, 0.29) is 11.9 Å². The number of aromatic nitrogens is 2. The normalized spacial score (nSPS) is 15.4. The first kappa shape index (κ1) is 14.6. The van der Waals surface area contributed by atoms with Gasteiger partial charge in [0.15, 0.2) is 0 Å². The van der Waals surface area contributed by atoms with Gasteiger partial charge >= 0.3 is 0 Å². The number of ether oxygens (including phenoxy) is 1. The van der Waals surface area contributed by atoms with E-state index < -0.39 is 0 Å². The molecule has 1 aliphatic carbocycles. The first-order chi connectivity index (χ1) is 10.6. The van der Waals surface area contributed by atoms with Gasteiger partial charge in [0.05, 0.1) is 24.9 Å². The molecule has 1 aliphatic rings. The van der Waals surface area contributed by atoms with Gasteiger partial charge in [0.1, 0.15) is 5.75 Å². The van der Waals surface area contributed by atoms with Crippen LogP contribution in [0.4, 0.5) is 0 Å². The van der Waals surface area contributed by atoms with Crippen molar-refractivity contribution in [3.63, 3.8) is 0 Å². The molecule has 1 aromatic carbocycles. The molecule has 1 saturated carbocycles. The number of nitrogens with one attached hydrogen (secondary N) is 1. The molecule has 0 radical (unpaired) electrons. The number of methoxy groups -OCH3 is 1. The fourth-order valence-electron chi connectivity index (χ4n) is 2.65. The van der Waals surface area contributed by atoms with Crippen molar-refractivity contribution in [2.24, 2.45) is 13.0 Å². The van der Waals surface area contributed by atoms with Crippen LogP contribution in [0.3, 0.4) is 0 Å². The predicted octanol–water partition coefficient (Wildman–Crippen LogP) is 2.62. The summed E-state index contributed by atoms with van der Waals surface area (Å²) in [5.74, 6) is 1.29. The zero-order valence-corrected chi connectivity index (χ0v) is 13.2. The smallest absolute Gasteiger partial charge is 0.255 e. The van der Waals surface area contributed by atoms with Gasteiger partial charge in [-0.15, -0.1) is 0 Å². The molecular formula is C17H21N3O2. The van der Waals surface area contributed by atoms with Gasteiger partial charge in [0.25, 0.3) is 5.91 Å². The van der Waals surface area contributed by atoms with E-state index in [4.69, 9.17) is 4.74 Å². The van der Waals surface area contributed by atoms with Gasteiger partial charge < -0.3 is 10.1 Å². The van der Waals surface area contributed by atoms with E-state index in [9.17, 15) is 4.79 Å². The van der Waals surface area contributed by atoms with E-state index in [1.807, 2.05) is 38.2 Å². The van der Waals surface area contributed by atoms with E-state index in [0.717, 1.165) is 29.8 Å². The molecule has 116 valence electrons. The number of carbonyl (C=O) groups excluding carboxylic acids is 1. The molecule has 1 N–H and O–H groups in total. The summed E-state index contributed by atoms with van der Waals surface area (Å²) in [6, 6.07) is 7.98. The Morgan fingerprint density at radius 1 is 1.36 bits per heavy atom. The zero-order chi connectivity index (χ0) is 15.7. The molecule has 22 heavy (non-hydrogen) atoms. The van der Waals surface area contributed by atoms with Crippen LogP contribution in [0.2, 0.25) is 0 Å². The van der Waals surface area contributed by atoms with Gasteiger partial charge in [0.2, 0.25) is 0 Å². The highest BCUT2D eigenvalue weighted by atomic mass is 16.5. The van der Waals surface area contributed by atoms with Crippen LogP contribution >= 0.6 is 0 Å². The Hall–Kier alpha value is -2.30. The Labute approximate surface area is 130 Å². The van der Waals surface area contributed by atoms with Crippen molar-refractivity contribution in [2.75, 3.05) is 7.11 Å². The predicted molar refractivity (Wildman–Crippen MR) is 83.9 cm³/mol. The highest BCUT2D eigenvalue weighted by Crippen LogP contribution is 2.41. The quantitative estimate of drug-likeness (QED) is 0.923. The number of rotatable bonds is 5. The number of hydrogen-bond donors (Lipinski definition) is 1. The molecule has 1 amide bonds. The molecule has 0 aliphatic heterocycles. The standard InChI is InChI=1S/C17H21N3O2/c1-11-15(10-18-20(11)2)17(21)19-16(12-4-5-12)13-6-8-14(22-3)9-7-13/h6-10,12,16H,4-5H2,1-3H3,(H,19,21)/t16-/m1/s1. The third-order valence-corrected chi connectivity index (χ3v) is 4.33. The maximum absolute atomic E-state index is 12.5. The summed E-state index contributed by atoms with van der Waals surface area (Å²) in [7, 11) is 3.49. The van der Waals surface area contributed by atoms with Crippen molar-refractivity contribution in [2.45, 2.75) is 25.8 Å². The Morgan fingerprint density at radius 2 is 2.05 bits per heavy atom. The second kappa shape index (κ2) is 5.83. The van der Waals surface area contributed by atoms with Crippen molar-refractivity contribution in [3.8, 4) is 5.75 Å². The lowest BCUT2D eigenvalue weighted by Crippen LogP contribution is -2.30. The Balaban J connectivity index is 1.79. The number of carbonyl (C=O) groups is 1. The monoisotopic (exact) mass is 299 g/mol. The Kier molecular flexibility index (Phi) is 3.88. The summed E-state index contributed by atoms with van der Waals surface area (Å²) >= 11 is 0. The second-order valence-electron chi connectivity index (χ2n) is 5.83. The van der Waals surface area contributed by atoms with Crippen molar-refractivity contribution in [3.05, 3.63) is 47.3 Å². The van der Waals surface area contributed by atoms with E-state index in [1.54, 1.807) is 18.0 Å². The largest absolute Gasteiger partial charge is 0.497 e. The van der Waals surface area contributed by atoms with Crippen LogP contribution in [0.5, 0.6) is 5.75 Å². The maximum Gasteiger partial charge on any atom is 0.255 e. The Bertz CT molecular complexity index is 672. The topological polar surface area (TPSA) is 56.1 Å². The van der Waals surface area contributed by atoms with Crippen LogP contribution in [0.1, 0.15) is 40.5 Å². The molecule has 5 nitrogen and oxygen atoms in total. The third-order valence-electron chi connectivity index (χ3n) is 4.33. The second-order valence-corrected chi connectivity index (χ2v) is 5.83. The average Bonchev–Trinajstić information content (AvgIpc) is 3.32. The van der Waals surface area contributed by atoms with Crippen molar-refractivity contribution >= 4 is 5.91 Å². The molecule has 0 unspecified atom stereocenters. The lowest BCUT2D eigenvalue weighted by molar-refractivity contribution is 0.0931. The summed E-state index contributed by atoms with van der Waals surface area (Å²) in [6.07, 6.45) is 3.94. The minimum Gasteiger partial charge on any atom is -0.497 e. The summed E-state index contributed by atoms with van der Waals surface area (Å²) in [6.45, 7) is 1.90. The average molecular weight is 299 g/mol. The summed E-state index contributed by atoms with van der Waals surface area (Å²) in [4.78, 5) is 12.5. The maximum atomic E-state index is 12.5. The SMILES string of the molecule is COc1ccc([C@H](NC(=O)c2cnn(C)c2C)C2CC2)cc1. The zero-order valence-electron chi connectivity index (χ0n) is 13.2. The molecule has 3 rings (SSSR count). The van der Waals surface area contributed by atoms with Gasteiger partial charge in [-0.3, -0.25) is 9.48 Å². The molecule has 1 atom stereocenters. The molecule has 0 spiro atoms. The van der Waals surface area contributed by atoms with Gasteiger partial charge in [-0.05, 0) is 43.4 Å². The summed E-state index contributed by atoms with van der Waals surface area (Å²) in [5.41, 5.74) is 2.64. The van der Waals surface area contributed by atoms with E-state index >= 15 is 0 Å². The fraction of sp³-hybridized carbons (Fsp3) is 0.412. The number of hydrogen-bond acceptors (Lipinski definition) is 3. The van der Waals surface area contributed by atoms with Crippen LogP contribution in [0.25, 0.3) is 0 Å². The molecule has 1 fully saturated rings. The number of aryl methyl sites for hydroxylation is 1. The number of amides is 1. The van der Waals surface area contributed by atoms with E-state index in [0.29, 0.717) is 11.5 Å². The summed E-state index contributed by atoms with van der Waals surface area (Å²) in [5, 5.41) is 7.31. The molecule has 2 aromatic rings. The summed E-state index contributed by atoms with van der Waals surface area (Å²) < 4.78 is 6.91. The van der Waals surface area contributed by atoms with Gasteiger partial charge in [-0.1, -0.05) is 12.1 Å². The fourth-order valence-corrected chi connectivity index (χ4v) is 2.65. The van der Waals surface area contributed by atoms with Gasteiger partial charge in [0, 0.05) is 12.7 Å². The van der Waals surface area contributed by atoms with E-state index in [1.165, 1.54) is 0 Å². The lowest BCUT2D eigenvalue weighted by Gasteiger charge is -2.19. The third kappa shape index (κ3) is 2.84. The van der Waals surface area contributed by atoms with Crippen molar-refractivity contribution in [1.29, 1.82) is 0 Å². The van der Waals surface area contributed by atoms with Gasteiger partial charge in [-0.25, -0.2) is 0 Å². The van der Waals surface area contributed by atoms with E-state index in [2.05, 4.69) is 10.4 Å². The molecular weight excluding hydrogens is 278 g/mol. The minimum absolute atomic E-state index is 0.0537. The lowest BCUT2D eigenvalue weighted by atomic mass is 10.0.